The zero-order valence-electron chi connectivity index (χ0n) is 40.8. The highest BCUT2D eigenvalue weighted by Gasteiger charge is 2.49. The van der Waals surface area contributed by atoms with Crippen LogP contribution >= 0.6 is 0 Å². The Bertz CT molecular complexity index is 2980. The summed E-state index contributed by atoms with van der Waals surface area (Å²) < 4.78 is 0. The first kappa shape index (κ1) is 40.7. The minimum Gasteiger partial charge on any atom is -0.311 e. The lowest BCUT2D eigenvalue weighted by atomic mass is 9.33. The van der Waals surface area contributed by atoms with Crippen molar-refractivity contribution in [3.05, 3.63) is 147 Å². The van der Waals surface area contributed by atoms with E-state index in [0.29, 0.717) is 0 Å². The highest BCUT2D eigenvalue weighted by Crippen LogP contribution is 2.57. The van der Waals surface area contributed by atoms with E-state index in [9.17, 15) is 0 Å². The molecule has 11 rings (SSSR count). The molecule has 0 radical (unpaired) electrons. The molecule has 0 aromatic heterocycles. The molecule has 3 heteroatoms. The Morgan fingerprint density at radius 3 is 1.70 bits per heavy atom. The van der Waals surface area contributed by atoms with Gasteiger partial charge in [0.15, 0.2) is 0 Å². The summed E-state index contributed by atoms with van der Waals surface area (Å²) in [6.07, 6.45) is 3.52. The van der Waals surface area contributed by atoms with Gasteiger partial charge in [-0.3, -0.25) is 0 Å². The van der Waals surface area contributed by atoms with Crippen LogP contribution < -0.4 is 26.2 Å². The molecule has 2 heterocycles. The highest BCUT2D eigenvalue weighted by atomic mass is 15.2. The highest BCUT2D eigenvalue weighted by molar-refractivity contribution is 7.00. The first-order chi connectivity index (χ1) is 29.4. The number of aryl methyl sites for hydroxylation is 2. The van der Waals surface area contributed by atoms with Crippen LogP contribution in [0.2, 0.25) is 0 Å². The second-order valence-electron chi connectivity index (χ2n) is 24.6. The lowest BCUT2D eigenvalue weighted by Crippen LogP contribution is -2.62. The van der Waals surface area contributed by atoms with Crippen LogP contribution in [0.5, 0.6) is 0 Å². The first-order valence-electron chi connectivity index (χ1n) is 23.9. The molecule has 5 aliphatic rings. The number of hydrogen-bond donors (Lipinski definition) is 0. The van der Waals surface area contributed by atoms with E-state index >= 15 is 0 Å². The monoisotopic (exact) mass is 827 g/mol. The zero-order valence-corrected chi connectivity index (χ0v) is 40.8. The Balaban J connectivity index is 1.28. The summed E-state index contributed by atoms with van der Waals surface area (Å²) in [4.78, 5) is 5.42. The van der Waals surface area contributed by atoms with Crippen molar-refractivity contribution in [3.8, 4) is 11.1 Å². The molecule has 63 heavy (non-hydrogen) atoms. The number of fused-ring (bicyclic) bond motifs is 9. The van der Waals surface area contributed by atoms with Crippen LogP contribution in [0.15, 0.2) is 97.1 Å². The minimum atomic E-state index is -0.106. The molecule has 0 unspecified atom stereocenters. The van der Waals surface area contributed by atoms with Crippen LogP contribution in [0.4, 0.5) is 34.1 Å². The molecule has 0 fully saturated rings. The molecule has 0 atom stereocenters. The van der Waals surface area contributed by atoms with Gasteiger partial charge in [0.05, 0.1) is 5.69 Å². The van der Waals surface area contributed by atoms with E-state index in [-0.39, 0.29) is 39.2 Å². The second kappa shape index (κ2) is 12.6. The van der Waals surface area contributed by atoms with Crippen LogP contribution in [0.3, 0.4) is 0 Å². The van der Waals surface area contributed by atoms with Crippen molar-refractivity contribution in [1.82, 2.24) is 0 Å². The number of anilines is 6. The standard InChI is InChI=1S/C60H67BN2/c1-35-27-51-54-52(28-35)63(48-32-44-41(29-36(48)2)58(10,11)34-59(44,12)13)50-33-43-42(56(6,7)25-26-57(43,8)9)31-46(50)61(54)45-24-23-37(55(3,4)5)30-49(45)62(51)47-22-18-21-40-53(47)38-19-16-17-20-39(38)60(40,14)15/h16-24,27-33H,25-26,34H2,1-15H3. The van der Waals surface area contributed by atoms with Crippen LogP contribution in [0.25, 0.3) is 11.1 Å². The summed E-state index contributed by atoms with van der Waals surface area (Å²) in [7, 11) is 0. The number of rotatable bonds is 2. The predicted molar refractivity (Wildman–Crippen MR) is 272 cm³/mol. The topological polar surface area (TPSA) is 6.48 Å². The average molecular weight is 827 g/mol. The molecule has 0 amide bonds. The quantitative estimate of drug-likeness (QED) is 0.160. The number of benzene rings is 6. The van der Waals surface area contributed by atoms with Gasteiger partial charge in [-0.05, 0) is 169 Å². The van der Waals surface area contributed by atoms with E-state index in [2.05, 4.69) is 211 Å². The SMILES string of the molecule is Cc1cc2c3c(c1)N(c1cccc4c1-c1ccccc1C4(C)C)c1cc(C(C)(C)C)ccc1B3c1cc3c(cc1N2c1cc2c(cc1C)C(C)(C)CC2(C)C)C(C)(C)CCC3(C)C. The van der Waals surface area contributed by atoms with Crippen molar-refractivity contribution in [3.63, 3.8) is 0 Å². The van der Waals surface area contributed by atoms with Gasteiger partial charge < -0.3 is 9.80 Å². The van der Waals surface area contributed by atoms with Gasteiger partial charge in [0, 0.05) is 39.4 Å². The summed E-state index contributed by atoms with van der Waals surface area (Å²) in [5.74, 6) is 0. The Morgan fingerprint density at radius 1 is 0.476 bits per heavy atom. The molecule has 6 aromatic rings. The third-order valence-corrected chi connectivity index (χ3v) is 16.8. The van der Waals surface area contributed by atoms with Gasteiger partial charge in [0.1, 0.15) is 0 Å². The Kier molecular flexibility index (Phi) is 8.16. The van der Waals surface area contributed by atoms with Gasteiger partial charge in [0.25, 0.3) is 6.71 Å². The van der Waals surface area contributed by atoms with E-state index in [4.69, 9.17) is 0 Å². The van der Waals surface area contributed by atoms with Crippen molar-refractivity contribution < 1.29 is 0 Å². The largest absolute Gasteiger partial charge is 0.311 e. The molecule has 6 aromatic carbocycles. The Labute approximate surface area is 379 Å². The van der Waals surface area contributed by atoms with Gasteiger partial charge in [-0.2, -0.15) is 0 Å². The molecule has 0 N–H and O–H groups in total. The van der Waals surface area contributed by atoms with Crippen molar-refractivity contribution in [1.29, 1.82) is 0 Å². The van der Waals surface area contributed by atoms with E-state index in [0.717, 1.165) is 6.42 Å². The molecule has 0 saturated carbocycles. The van der Waals surface area contributed by atoms with Gasteiger partial charge in [-0.25, -0.2) is 0 Å². The molecule has 0 bridgehead atoms. The summed E-state index contributed by atoms with van der Waals surface area (Å²) in [5.41, 5.74) is 27.9. The summed E-state index contributed by atoms with van der Waals surface area (Å²) in [5, 5.41) is 0. The zero-order chi connectivity index (χ0) is 44.7. The van der Waals surface area contributed by atoms with E-state index in [1.807, 2.05) is 0 Å². The maximum Gasteiger partial charge on any atom is 0.252 e. The third-order valence-electron chi connectivity index (χ3n) is 16.8. The Hall–Kier alpha value is -5.02. The van der Waals surface area contributed by atoms with Crippen LogP contribution in [0, 0.1) is 13.8 Å². The second-order valence-corrected chi connectivity index (χ2v) is 24.6. The molecule has 0 spiro atoms. The fraction of sp³-hybridized carbons (Fsp3) is 0.400. The van der Waals surface area contributed by atoms with E-state index < -0.39 is 0 Å². The van der Waals surface area contributed by atoms with Gasteiger partial charge >= 0.3 is 0 Å². The summed E-state index contributed by atoms with van der Waals surface area (Å²) in [6.45, 7) is 36.5. The van der Waals surface area contributed by atoms with Crippen molar-refractivity contribution in [2.24, 2.45) is 0 Å². The van der Waals surface area contributed by atoms with Gasteiger partial charge in [-0.1, -0.05) is 151 Å². The summed E-state index contributed by atoms with van der Waals surface area (Å²) in [6, 6.07) is 39.3. The van der Waals surface area contributed by atoms with Crippen LogP contribution in [-0.4, -0.2) is 6.71 Å². The van der Waals surface area contributed by atoms with Crippen molar-refractivity contribution >= 4 is 57.2 Å². The molecular weight excluding hydrogens is 759 g/mol. The van der Waals surface area contributed by atoms with Gasteiger partial charge in [0.2, 0.25) is 0 Å². The minimum absolute atomic E-state index is 0.0185. The Morgan fingerprint density at radius 2 is 1.03 bits per heavy atom. The lowest BCUT2D eigenvalue weighted by molar-refractivity contribution is 0.332. The van der Waals surface area contributed by atoms with Gasteiger partial charge in [-0.15, -0.1) is 0 Å². The van der Waals surface area contributed by atoms with Crippen LogP contribution in [0.1, 0.15) is 159 Å². The fourth-order valence-electron chi connectivity index (χ4n) is 13.4. The lowest BCUT2D eigenvalue weighted by Gasteiger charge is -2.48. The number of nitrogens with zero attached hydrogens (tertiary/aromatic N) is 2. The van der Waals surface area contributed by atoms with Crippen molar-refractivity contribution in [2.75, 3.05) is 9.80 Å². The van der Waals surface area contributed by atoms with Crippen LogP contribution in [-0.2, 0) is 32.5 Å². The third kappa shape index (κ3) is 5.56. The average Bonchev–Trinajstić information content (AvgIpc) is 3.55. The molecule has 2 aliphatic heterocycles. The molecule has 2 nitrogen and oxygen atoms in total. The van der Waals surface area contributed by atoms with Crippen molar-refractivity contribution in [2.45, 2.75) is 156 Å². The predicted octanol–water partition coefficient (Wildman–Crippen LogP) is 14.3. The molecule has 3 aliphatic carbocycles. The maximum absolute atomic E-state index is 2.73. The van der Waals surface area contributed by atoms with E-state index in [1.165, 1.54) is 125 Å². The normalized spacial score (nSPS) is 19.7. The fourth-order valence-corrected chi connectivity index (χ4v) is 13.4. The first-order valence-corrected chi connectivity index (χ1v) is 23.9. The molecule has 320 valence electrons. The summed E-state index contributed by atoms with van der Waals surface area (Å²) >= 11 is 0. The van der Waals surface area contributed by atoms with E-state index in [1.54, 1.807) is 0 Å². The maximum atomic E-state index is 2.73. The smallest absolute Gasteiger partial charge is 0.252 e. The number of hydrogen-bond acceptors (Lipinski definition) is 2. The molecular formula is C60H67BN2. The molecule has 0 saturated heterocycles.